The quantitative estimate of drug-likeness (QED) is 0.597. The molecule has 0 radical (unpaired) electrons. The van der Waals surface area contributed by atoms with Crippen molar-refractivity contribution in [1.82, 2.24) is 20.5 Å². The lowest BCUT2D eigenvalue weighted by Crippen LogP contribution is -2.35. The molecular weight excluding hydrogens is 380 g/mol. The van der Waals surface area contributed by atoms with Crippen molar-refractivity contribution in [1.29, 1.82) is 0 Å². The second-order valence-corrected chi connectivity index (χ2v) is 7.98. The maximum Gasteiger partial charge on any atom is 0.407 e. The number of H-pyrrole nitrogens is 1. The van der Waals surface area contributed by atoms with Crippen LogP contribution in [0.25, 0.3) is 0 Å². The van der Waals surface area contributed by atoms with E-state index in [4.69, 9.17) is 4.74 Å². The summed E-state index contributed by atoms with van der Waals surface area (Å²) < 4.78 is 34.8. The van der Waals surface area contributed by atoms with Crippen LogP contribution in [0, 0.1) is 0 Å². The predicted octanol–water partition coefficient (Wildman–Crippen LogP) is 4.57. The standard InChI is InChI=1S/C20H25F2N5O2/c1-12-3-2-6-20(21,22)14-8-15(11-23-10-14)25-18-9-17(26-27-18)13-4-5-16(7-13)29-19(28)24-12/h8-13,16H,2-7H2,1H3,(H,24,28)(H2,25,26,27)/t12-,13+,16-/m1/s1. The highest BCUT2D eigenvalue weighted by molar-refractivity contribution is 5.67. The van der Waals surface area contributed by atoms with Gasteiger partial charge < -0.3 is 15.4 Å². The van der Waals surface area contributed by atoms with Crippen molar-refractivity contribution < 1.29 is 18.3 Å². The van der Waals surface area contributed by atoms with Gasteiger partial charge in [0.25, 0.3) is 5.92 Å². The molecule has 29 heavy (non-hydrogen) atoms. The number of nitrogens with one attached hydrogen (secondary N) is 3. The maximum atomic E-state index is 14.6. The Balaban J connectivity index is 1.58. The van der Waals surface area contributed by atoms with E-state index in [9.17, 15) is 13.6 Å². The van der Waals surface area contributed by atoms with Crippen molar-refractivity contribution in [2.75, 3.05) is 5.32 Å². The molecule has 2 aromatic heterocycles. The number of alkyl halides is 2. The number of pyridine rings is 1. The summed E-state index contributed by atoms with van der Waals surface area (Å²) in [4.78, 5) is 16.1. The SMILES string of the molecule is C[C@@H]1CCCC(F)(F)c2cncc(c2)Nc2cc([nH]n2)[C@H]2CC[C@H](C2)OC(=O)N1. The Bertz CT molecular complexity index is 872. The van der Waals surface area contributed by atoms with E-state index in [0.717, 1.165) is 25.0 Å². The number of anilines is 2. The third kappa shape index (κ3) is 4.65. The molecule has 2 aromatic rings. The van der Waals surface area contributed by atoms with E-state index in [-0.39, 0.29) is 36.5 Å². The van der Waals surface area contributed by atoms with Gasteiger partial charge in [0, 0.05) is 41.9 Å². The number of aromatic amines is 1. The number of hydrogen-bond donors (Lipinski definition) is 3. The van der Waals surface area contributed by atoms with Crippen molar-refractivity contribution in [3.63, 3.8) is 0 Å². The number of carbonyl (C=O) groups is 1. The van der Waals surface area contributed by atoms with Crippen molar-refractivity contribution in [3.05, 3.63) is 35.8 Å². The van der Waals surface area contributed by atoms with Gasteiger partial charge >= 0.3 is 6.09 Å². The normalized spacial score (nSPS) is 27.1. The summed E-state index contributed by atoms with van der Waals surface area (Å²) in [6.07, 6.45) is 4.83. The van der Waals surface area contributed by atoms with E-state index >= 15 is 0 Å². The Hall–Kier alpha value is -2.71. The molecule has 3 heterocycles. The van der Waals surface area contributed by atoms with E-state index in [0.29, 0.717) is 17.9 Å². The van der Waals surface area contributed by atoms with Gasteiger partial charge in [-0.3, -0.25) is 10.1 Å². The van der Waals surface area contributed by atoms with Crippen molar-refractivity contribution in [3.8, 4) is 0 Å². The Morgan fingerprint density at radius 3 is 2.93 bits per heavy atom. The first-order valence-corrected chi connectivity index (χ1v) is 10.0. The Kier molecular flexibility index (Phi) is 5.38. The first-order valence-electron chi connectivity index (χ1n) is 10.0. The zero-order chi connectivity index (χ0) is 20.4. The van der Waals surface area contributed by atoms with Crippen molar-refractivity contribution in [2.45, 2.75) is 69.4 Å². The number of alkyl carbamates (subject to hydrolysis) is 1. The van der Waals surface area contributed by atoms with Crippen molar-refractivity contribution in [2.24, 2.45) is 0 Å². The third-order valence-electron chi connectivity index (χ3n) is 5.62. The van der Waals surface area contributed by atoms with Gasteiger partial charge in [0.05, 0.1) is 11.9 Å². The van der Waals surface area contributed by atoms with E-state index < -0.39 is 12.0 Å². The summed E-state index contributed by atoms with van der Waals surface area (Å²) in [5.41, 5.74) is 1.26. The number of ether oxygens (including phenoxy) is 1. The summed E-state index contributed by atoms with van der Waals surface area (Å²) in [7, 11) is 0. The average Bonchev–Trinajstić information content (AvgIpc) is 3.30. The molecule has 9 heteroatoms. The van der Waals surface area contributed by atoms with E-state index in [1.807, 2.05) is 6.07 Å². The number of amides is 1. The Morgan fingerprint density at radius 2 is 2.07 bits per heavy atom. The van der Waals surface area contributed by atoms with Gasteiger partial charge in [-0.15, -0.1) is 0 Å². The number of fused-ring (bicyclic) bond motifs is 7. The van der Waals surface area contributed by atoms with Crippen LogP contribution >= 0.6 is 0 Å². The van der Waals surface area contributed by atoms with E-state index in [1.54, 1.807) is 6.92 Å². The number of nitrogens with zero attached hydrogens (tertiary/aromatic N) is 2. The highest BCUT2D eigenvalue weighted by atomic mass is 19.3. The van der Waals surface area contributed by atoms with Gasteiger partial charge in [0.1, 0.15) is 6.10 Å². The second kappa shape index (κ2) is 7.96. The van der Waals surface area contributed by atoms with E-state index in [2.05, 4.69) is 25.8 Å². The maximum absolute atomic E-state index is 14.6. The molecule has 3 atom stereocenters. The van der Waals surface area contributed by atoms with Gasteiger partial charge in [-0.05, 0) is 45.1 Å². The molecule has 156 valence electrons. The minimum Gasteiger partial charge on any atom is -0.446 e. The summed E-state index contributed by atoms with van der Waals surface area (Å²) >= 11 is 0. The molecule has 0 aromatic carbocycles. The number of hydrogen-bond acceptors (Lipinski definition) is 5. The second-order valence-electron chi connectivity index (χ2n) is 7.98. The van der Waals surface area contributed by atoms with Gasteiger partial charge in [-0.25, -0.2) is 13.6 Å². The van der Waals surface area contributed by atoms with Gasteiger partial charge in [0.15, 0.2) is 5.82 Å². The highest BCUT2D eigenvalue weighted by Gasteiger charge is 2.33. The topological polar surface area (TPSA) is 91.9 Å². The molecule has 0 spiro atoms. The van der Waals surface area contributed by atoms with Gasteiger partial charge in [-0.2, -0.15) is 5.10 Å². The monoisotopic (exact) mass is 405 g/mol. The summed E-state index contributed by atoms with van der Waals surface area (Å²) in [6, 6.07) is 3.04. The fourth-order valence-corrected chi connectivity index (χ4v) is 4.03. The van der Waals surface area contributed by atoms with Crippen LogP contribution in [-0.4, -0.2) is 33.4 Å². The summed E-state index contributed by atoms with van der Waals surface area (Å²) in [6.45, 7) is 1.80. The van der Waals surface area contributed by atoms with Crippen LogP contribution in [-0.2, 0) is 10.7 Å². The number of aromatic nitrogens is 3. The Morgan fingerprint density at radius 1 is 1.21 bits per heavy atom. The van der Waals surface area contributed by atoms with Crippen LogP contribution in [0.15, 0.2) is 24.5 Å². The molecule has 2 aliphatic rings. The molecular formula is C20H25F2N5O2. The molecule has 0 unspecified atom stereocenters. The molecule has 4 rings (SSSR count). The number of rotatable bonds is 0. The average molecular weight is 405 g/mol. The van der Waals surface area contributed by atoms with Crippen LogP contribution in [0.1, 0.15) is 62.6 Å². The smallest absolute Gasteiger partial charge is 0.407 e. The summed E-state index contributed by atoms with van der Waals surface area (Å²) in [5.74, 6) is -2.26. The lowest BCUT2D eigenvalue weighted by atomic mass is 10.0. The molecule has 7 nitrogen and oxygen atoms in total. The molecule has 1 aliphatic heterocycles. The number of halogens is 2. The molecule has 1 fully saturated rings. The van der Waals surface area contributed by atoms with Gasteiger partial charge in [-0.1, -0.05) is 0 Å². The largest absolute Gasteiger partial charge is 0.446 e. The first kappa shape index (κ1) is 19.6. The lowest BCUT2D eigenvalue weighted by Gasteiger charge is -2.20. The van der Waals surface area contributed by atoms with Crippen LogP contribution in [0.3, 0.4) is 0 Å². The summed E-state index contributed by atoms with van der Waals surface area (Å²) in [5, 5.41) is 13.0. The van der Waals surface area contributed by atoms with Crippen LogP contribution in [0.5, 0.6) is 0 Å². The first-order chi connectivity index (χ1) is 13.9. The zero-order valence-corrected chi connectivity index (χ0v) is 16.3. The fraction of sp³-hybridized carbons (Fsp3) is 0.550. The van der Waals surface area contributed by atoms with Gasteiger partial charge in [0.2, 0.25) is 0 Å². The minimum atomic E-state index is -3.01. The molecule has 1 aliphatic carbocycles. The third-order valence-corrected chi connectivity index (χ3v) is 5.62. The zero-order valence-electron chi connectivity index (χ0n) is 16.3. The molecule has 0 saturated heterocycles. The van der Waals surface area contributed by atoms with Crippen LogP contribution < -0.4 is 10.6 Å². The molecule has 1 amide bonds. The van der Waals surface area contributed by atoms with Crippen molar-refractivity contribution >= 4 is 17.6 Å². The van der Waals surface area contributed by atoms with Crippen LogP contribution in [0.4, 0.5) is 25.1 Å². The molecule has 3 N–H and O–H groups in total. The molecule has 1 saturated carbocycles. The lowest BCUT2D eigenvalue weighted by molar-refractivity contribution is -0.0164. The minimum absolute atomic E-state index is 0.141. The Labute approximate surface area is 167 Å². The predicted molar refractivity (Wildman–Crippen MR) is 103 cm³/mol. The van der Waals surface area contributed by atoms with E-state index in [1.165, 1.54) is 18.5 Å². The highest BCUT2D eigenvalue weighted by Crippen LogP contribution is 2.37. The molecule has 6 bridgehead atoms. The number of carbonyl (C=O) groups excluding carboxylic acids is 1. The van der Waals surface area contributed by atoms with Crippen LogP contribution in [0.2, 0.25) is 0 Å². The fourth-order valence-electron chi connectivity index (χ4n) is 4.03.